The Labute approximate surface area is 173 Å². The lowest BCUT2D eigenvalue weighted by atomic mass is 9.91. The van der Waals surface area contributed by atoms with Gasteiger partial charge in [0.25, 0.3) is 0 Å². The van der Waals surface area contributed by atoms with Crippen molar-refractivity contribution in [2.24, 2.45) is 10.7 Å². The van der Waals surface area contributed by atoms with Crippen molar-refractivity contribution in [1.29, 1.82) is 0 Å². The largest absolute Gasteiger partial charge is 0.493 e. The number of amidine groups is 1. The van der Waals surface area contributed by atoms with Gasteiger partial charge in [-0.05, 0) is 41.7 Å². The number of nitrogens with zero attached hydrogens (tertiary/aromatic N) is 1. The van der Waals surface area contributed by atoms with Crippen molar-refractivity contribution in [1.82, 2.24) is 0 Å². The van der Waals surface area contributed by atoms with E-state index in [0.29, 0.717) is 12.4 Å². The lowest BCUT2D eigenvalue weighted by Crippen LogP contribution is -2.24. The predicted molar refractivity (Wildman–Crippen MR) is 119 cm³/mol. The number of rotatable bonds is 9. The maximum Gasteiger partial charge on any atom is 0.160 e. The third kappa shape index (κ3) is 5.61. The first-order valence-electron chi connectivity index (χ1n) is 9.81. The number of methoxy groups -OCH3 is 2. The van der Waals surface area contributed by atoms with Crippen molar-refractivity contribution in [2.45, 2.75) is 18.8 Å². The molecule has 0 unspecified atom stereocenters. The number of aliphatic imine (C=N–C) groups is 1. The lowest BCUT2D eigenvalue weighted by Gasteiger charge is -2.17. The highest BCUT2D eigenvalue weighted by molar-refractivity contribution is 5.87. The van der Waals surface area contributed by atoms with E-state index < -0.39 is 0 Å². The standard InChI is InChI=1S/C25H28N2O2/c1-28-23-14-13-20(18-24(23)29-2)15-16-27-25(26)22(21-11-7-4-8-12-21)17-19-9-5-3-6-10-19/h3-14,18,22H,15-17H2,1-2H3,(H2,26,27)/t22-/m1/s1. The molecule has 3 aromatic carbocycles. The van der Waals surface area contributed by atoms with Crippen LogP contribution >= 0.6 is 0 Å². The molecule has 0 radical (unpaired) electrons. The van der Waals surface area contributed by atoms with Crippen LogP contribution in [0, 0.1) is 0 Å². The zero-order chi connectivity index (χ0) is 20.5. The smallest absolute Gasteiger partial charge is 0.160 e. The SMILES string of the molecule is COc1ccc(CCN=C(N)[C@H](Cc2ccccc2)c2ccccc2)cc1OC. The van der Waals surface area contributed by atoms with Crippen LogP contribution in [-0.2, 0) is 12.8 Å². The van der Waals surface area contributed by atoms with Gasteiger partial charge in [0, 0.05) is 12.5 Å². The van der Waals surface area contributed by atoms with E-state index in [0.717, 1.165) is 29.9 Å². The molecule has 0 aliphatic carbocycles. The molecule has 0 saturated carbocycles. The first-order valence-corrected chi connectivity index (χ1v) is 9.81. The molecular weight excluding hydrogens is 360 g/mol. The van der Waals surface area contributed by atoms with E-state index in [1.54, 1.807) is 14.2 Å². The van der Waals surface area contributed by atoms with E-state index in [1.165, 1.54) is 11.1 Å². The molecule has 0 aliphatic heterocycles. The van der Waals surface area contributed by atoms with Crippen LogP contribution in [0.1, 0.15) is 22.6 Å². The van der Waals surface area contributed by atoms with Gasteiger partial charge in [0.05, 0.1) is 14.2 Å². The summed E-state index contributed by atoms with van der Waals surface area (Å²) >= 11 is 0. The molecule has 0 fully saturated rings. The molecule has 3 aromatic rings. The molecule has 1 atom stereocenters. The fourth-order valence-electron chi connectivity index (χ4n) is 3.39. The van der Waals surface area contributed by atoms with E-state index in [2.05, 4.69) is 36.4 Å². The highest BCUT2D eigenvalue weighted by atomic mass is 16.5. The third-order valence-corrected chi connectivity index (χ3v) is 4.98. The van der Waals surface area contributed by atoms with Crippen molar-refractivity contribution in [3.8, 4) is 11.5 Å². The molecule has 4 heteroatoms. The Bertz CT molecular complexity index is 924. The van der Waals surface area contributed by atoms with Crippen LogP contribution < -0.4 is 15.2 Å². The van der Waals surface area contributed by atoms with E-state index in [9.17, 15) is 0 Å². The lowest BCUT2D eigenvalue weighted by molar-refractivity contribution is 0.354. The summed E-state index contributed by atoms with van der Waals surface area (Å²) in [7, 11) is 3.28. The Hall–Kier alpha value is -3.27. The second-order valence-corrected chi connectivity index (χ2v) is 6.90. The molecule has 0 spiro atoms. The second-order valence-electron chi connectivity index (χ2n) is 6.90. The molecule has 4 nitrogen and oxygen atoms in total. The van der Waals surface area contributed by atoms with Crippen molar-refractivity contribution >= 4 is 5.84 Å². The van der Waals surface area contributed by atoms with Gasteiger partial charge in [-0.15, -0.1) is 0 Å². The molecule has 0 aliphatic rings. The number of hydrogen-bond acceptors (Lipinski definition) is 3. The monoisotopic (exact) mass is 388 g/mol. The summed E-state index contributed by atoms with van der Waals surface area (Å²) in [6, 6.07) is 26.7. The van der Waals surface area contributed by atoms with Crippen LogP contribution in [0.5, 0.6) is 11.5 Å². The number of ether oxygens (including phenoxy) is 2. The molecule has 0 heterocycles. The average molecular weight is 389 g/mol. The van der Waals surface area contributed by atoms with Crippen LogP contribution in [0.2, 0.25) is 0 Å². The Balaban J connectivity index is 1.73. The Morgan fingerprint density at radius 3 is 2.14 bits per heavy atom. The zero-order valence-corrected chi connectivity index (χ0v) is 17.0. The summed E-state index contributed by atoms with van der Waals surface area (Å²) in [6.07, 6.45) is 1.62. The van der Waals surface area contributed by atoms with Gasteiger partial charge in [-0.25, -0.2) is 0 Å². The molecule has 0 bridgehead atoms. The highest BCUT2D eigenvalue weighted by Gasteiger charge is 2.16. The van der Waals surface area contributed by atoms with E-state index in [1.807, 2.05) is 42.5 Å². The molecular formula is C25H28N2O2. The van der Waals surface area contributed by atoms with Gasteiger partial charge in [-0.3, -0.25) is 4.99 Å². The zero-order valence-electron chi connectivity index (χ0n) is 17.0. The van der Waals surface area contributed by atoms with E-state index in [-0.39, 0.29) is 5.92 Å². The first-order chi connectivity index (χ1) is 14.2. The first kappa shape index (κ1) is 20.5. The molecule has 3 rings (SSSR count). The molecule has 0 aromatic heterocycles. The average Bonchev–Trinajstić information content (AvgIpc) is 2.78. The summed E-state index contributed by atoms with van der Waals surface area (Å²) in [6.45, 7) is 0.624. The molecule has 0 amide bonds. The minimum absolute atomic E-state index is 0.0593. The van der Waals surface area contributed by atoms with Crippen molar-refractivity contribution in [3.05, 3.63) is 95.6 Å². The van der Waals surface area contributed by atoms with Crippen LogP contribution in [0.15, 0.2) is 83.9 Å². The molecule has 29 heavy (non-hydrogen) atoms. The topological polar surface area (TPSA) is 56.8 Å². The molecule has 2 N–H and O–H groups in total. The summed E-state index contributed by atoms with van der Waals surface area (Å²) in [5.41, 5.74) is 10.0. The van der Waals surface area contributed by atoms with Crippen LogP contribution in [0.25, 0.3) is 0 Å². The number of benzene rings is 3. The van der Waals surface area contributed by atoms with Crippen molar-refractivity contribution < 1.29 is 9.47 Å². The second kappa shape index (κ2) is 10.3. The molecule has 0 saturated heterocycles. The molecule has 150 valence electrons. The van der Waals surface area contributed by atoms with E-state index in [4.69, 9.17) is 20.2 Å². The fourth-order valence-corrected chi connectivity index (χ4v) is 3.39. The Kier molecular flexibility index (Phi) is 7.28. The third-order valence-electron chi connectivity index (χ3n) is 4.98. The summed E-state index contributed by atoms with van der Waals surface area (Å²) < 4.78 is 10.7. The van der Waals surface area contributed by atoms with Gasteiger partial charge in [0.15, 0.2) is 11.5 Å². The van der Waals surface area contributed by atoms with Crippen LogP contribution in [-0.4, -0.2) is 26.6 Å². The van der Waals surface area contributed by atoms with Gasteiger partial charge in [0.1, 0.15) is 5.84 Å². The Morgan fingerprint density at radius 1 is 0.828 bits per heavy atom. The van der Waals surface area contributed by atoms with Crippen LogP contribution in [0.4, 0.5) is 0 Å². The van der Waals surface area contributed by atoms with E-state index >= 15 is 0 Å². The van der Waals surface area contributed by atoms with Gasteiger partial charge >= 0.3 is 0 Å². The minimum Gasteiger partial charge on any atom is -0.493 e. The quantitative estimate of drug-likeness (QED) is 0.429. The van der Waals surface area contributed by atoms with Gasteiger partial charge in [-0.1, -0.05) is 66.7 Å². The van der Waals surface area contributed by atoms with Crippen molar-refractivity contribution in [2.75, 3.05) is 20.8 Å². The number of nitrogens with two attached hydrogens (primary N) is 1. The van der Waals surface area contributed by atoms with Gasteiger partial charge < -0.3 is 15.2 Å². The van der Waals surface area contributed by atoms with Crippen molar-refractivity contribution in [3.63, 3.8) is 0 Å². The normalized spacial score (nSPS) is 12.4. The maximum atomic E-state index is 6.47. The number of hydrogen-bond donors (Lipinski definition) is 1. The van der Waals surface area contributed by atoms with Gasteiger partial charge in [0.2, 0.25) is 0 Å². The summed E-state index contributed by atoms with van der Waals surface area (Å²) in [5, 5.41) is 0. The van der Waals surface area contributed by atoms with Crippen LogP contribution in [0.3, 0.4) is 0 Å². The summed E-state index contributed by atoms with van der Waals surface area (Å²) in [5.74, 6) is 2.18. The fraction of sp³-hybridized carbons (Fsp3) is 0.240. The Morgan fingerprint density at radius 2 is 1.48 bits per heavy atom. The summed E-state index contributed by atoms with van der Waals surface area (Å²) in [4.78, 5) is 4.71. The predicted octanol–water partition coefficient (Wildman–Crippen LogP) is 4.63. The minimum atomic E-state index is 0.0593. The highest BCUT2D eigenvalue weighted by Crippen LogP contribution is 2.28. The maximum absolute atomic E-state index is 6.47. The van der Waals surface area contributed by atoms with Gasteiger partial charge in [-0.2, -0.15) is 0 Å².